The molecule has 0 bridgehead atoms. The molecule has 2 saturated carbocycles. The van der Waals surface area contributed by atoms with Gasteiger partial charge < -0.3 is 10.3 Å². The van der Waals surface area contributed by atoms with Crippen LogP contribution in [-0.2, 0) is 4.79 Å². The van der Waals surface area contributed by atoms with Gasteiger partial charge in [-0.3, -0.25) is 4.79 Å². The Kier molecular flexibility index (Phi) is 2.49. The number of alkyl halides is 3. The first-order valence-electron chi connectivity index (χ1n) is 6.96. The van der Waals surface area contributed by atoms with Gasteiger partial charge in [-0.1, -0.05) is 6.07 Å². The Bertz CT molecular complexity index is 773. The minimum absolute atomic E-state index is 0.134. The van der Waals surface area contributed by atoms with Gasteiger partial charge in [-0.25, -0.2) is 4.39 Å². The zero-order chi connectivity index (χ0) is 15.7. The minimum Gasteiger partial charge on any atom is -0.361 e. The van der Waals surface area contributed by atoms with Crippen LogP contribution >= 0.6 is 0 Å². The van der Waals surface area contributed by atoms with Gasteiger partial charge in [0.15, 0.2) is 6.04 Å². The quantitative estimate of drug-likeness (QED) is 0.838. The van der Waals surface area contributed by atoms with Crippen molar-refractivity contribution in [3.8, 4) is 0 Å². The molecule has 0 saturated heterocycles. The molecule has 116 valence electrons. The van der Waals surface area contributed by atoms with Crippen molar-refractivity contribution < 1.29 is 22.4 Å². The number of fused-ring (bicyclic) bond motifs is 2. The smallest absolute Gasteiger partial charge is 0.361 e. The zero-order valence-electron chi connectivity index (χ0n) is 11.3. The maximum absolute atomic E-state index is 13.9. The molecular weight excluding hydrogens is 300 g/mol. The molecule has 1 aromatic heterocycles. The third kappa shape index (κ3) is 1.84. The highest BCUT2D eigenvalue weighted by molar-refractivity contribution is 5.91. The van der Waals surface area contributed by atoms with Gasteiger partial charge >= 0.3 is 6.18 Å². The van der Waals surface area contributed by atoms with Crippen molar-refractivity contribution in [2.45, 2.75) is 25.1 Å². The first kappa shape index (κ1) is 13.6. The van der Waals surface area contributed by atoms with Gasteiger partial charge in [-0.2, -0.15) is 13.2 Å². The molecule has 2 fully saturated rings. The van der Waals surface area contributed by atoms with Gasteiger partial charge in [-0.15, -0.1) is 0 Å². The number of carbonyl (C=O) groups is 1. The third-order valence-electron chi connectivity index (χ3n) is 4.73. The van der Waals surface area contributed by atoms with E-state index in [4.69, 9.17) is 0 Å². The van der Waals surface area contributed by atoms with Crippen LogP contribution in [0.4, 0.5) is 17.6 Å². The predicted molar refractivity (Wildman–Crippen MR) is 70.4 cm³/mol. The Morgan fingerprint density at radius 3 is 2.64 bits per heavy atom. The number of hydrogen-bond donors (Lipinski definition) is 2. The number of halogens is 4. The fourth-order valence-corrected chi connectivity index (χ4v) is 3.08. The first-order valence-corrected chi connectivity index (χ1v) is 6.96. The van der Waals surface area contributed by atoms with Crippen molar-refractivity contribution in [2.75, 3.05) is 0 Å². The molecule has 4 rings (SSSR count). The summed E-state index contributed by atoms with van der Waals surface area (Å²) in [6, 6.07) is 1.80. The molecule has 7 heteroatoms. The van der Waals surface area contributed by atoms with Crippen LogP contribution in [-0.4, -0.2) is 17.1 Å². The molecule has 1 atom stereocenters. The van der Waals surface area contributed by atoms with E-state index < -0.39 is 29.4 Å². The fourth-order valence-electron chi connectivity index (χ4n) is 3.08. The molecular formula is C15H12F4N2O. The summed E-state index contributed by atoms with van der Waals surface area (Å²) in [6.07, 6.45) is -2.26. The van der Waals surface area contributed by atoms with E-state index in [0.717, 1.165) is 12.3 Å². The third-order valence-corrected chi connectivity index (χ3v) is 4.73. The summed E-state index contributed by atoms with van der Waals surface area (Å²) in [6.45, 7) is 0. The van der Waals surface area contributed by atoms with Crippen LogP contribution in [0, 0.1) is 17.2 Å². The molecule has 3 nitrogen and oxygen atoms in total. The molecule has 0 spiro atoms. The lowest BCUT2D eigenvalue weighted by Crippen LogP contribution is -2.40. The average Bonchev–Trinajstić information content (AvgIpc) is 3.24. The maximum Gasteiger partial charge on any atom is 0.412 e. The van der Waals surface area contributed by atoms with E-state index in [1.165, 1.54) is 12.1 Å². The number of aromatic amines is 1. The Morgan fingerprint density at radius 2 is 2.05 bits per heavy atom. The second-order valence-corrected chi connectivity index (χ2v) is 6.12. The highest BCUT2D eigenvalue weighted by atomic mass is 19.4. The second kappa shape index (κ2) is 4.02. The standard InChI is InChI=1S/C15H12F4N2O/c16-9-2-1-3-10-11(9)8(6-20-10)12(15(17,18)19)21-13(22)14-4-7(14)5-14/h1-3,6-7,12,20H,4-5H2,(H,21,22). The average molecular weight is 312 g/mol. The minimum atomic E-state index is -4.69. The number of aromatic nitrogens is 1. The van der Waals surface area contributed by atoms with Crippen LogP contribution in [0.15, 0.2) is 24.4 Å². The predicted octanol–water partition coefficient (Wildman–Crippen LogP) is 3.44. The highest BCUT2D eigenvalue weighted by Crippen LogP contribution is 2.75. The number of amides is 1. The van der Waals surface area contributed by atoms with Crippen LogP contribution in [0.1, 0.15) is 24.4 Å². The summed E-state index contributed by atoms with van der Waals surface area (Å²) in [5, 5.41) is 1.94. The number of H-pyrrole nitrogens is 1. The number of rotatable bonds is 3. The lowest BCUT2D eigenvalue weighted by atomic mass is 10.0. The second-order valence-electron chi connectivity index (χ2n) is 6.12. The Balaban J connectivity index is 1.74. The Morgan fingerprint density at radius 1 is 1.36 bits per heavy atom. The Labute approximate surface area is 122 Å². The van der Waals surface area contributed by atoms with Gasteiger partial charge in [0.2, 0.25) is 5.91 Å². The summed E-state index contributed by atoms with van der Waals surface area (Å²) in [7, 11) is 0. The van der Waals surface area contributed by atoms with E-state index in [2.05, 4.69) is 10.3 Å². The van der Waals surface area contributed by atoms with Crippen molar-refractivity contribution in [1.82, 2.24) is 10.3 Å². The molecule has 1 heterocycles. The topological polar surface area (TPSA) is 44.9 Å². The van der Waals surface area contributed by atoms with Crippen molar-refractivity contribution in [3.63, 3.8) is 0 Å². The summed E-state index contributed by atoms with van der Waals surface area (Å²) in [5.41, 5.74) is -0.593. The molecule has 1 aromatic carbocycles. The fraction of sp³-hybridized carbons (Fsp3) is 0.400. The molecule has 2 aromatic rings. The molecule has 1 amide bonds. The molecule has 22 heavy (non-hydrogen) atoms. The summed E-state index contributed by atoms with van der Waals surface area (Å²) in [5.74, 6) is -1.09. The number of nitrogens with one attached hydrogen (secondary N) is 2. The van der Waals surface area contributed by atoms with E-state index in [0.29, 0.717) is 12.8 Å². The lowest BCUT2D eigenvalue weighted by molar-refractivity contribution is -0.164. The molecule has 1 unspecified atom stereocenters. The van der Waals surface area contributed by atoms with Crippen LogP contribution in [0.25, 0.3) is 10.9 Å². The van der Waals surface area contributed by atoms with Crippen LogP contribution in [0.5, 0.6) is 0 Å². The molecule has 2 aliphatic carbocycles. The van der Waals surface area contributed by atoms with Gasteiger partial charge in [0.05, 0.1) is 5.41 Å². The number of carbonyl (C=O) groups excluding carboxylic acids is 1. The SMILES string of the molecule is O=C(NC(c1c[nH]c2cccc(F)c12)C(F)(F)F)C12CC1C2. The summed E-state index contributed by atoms with van der Waals surface area (Å²) in [4.78, 5) is 14.7. The zero-order valence-corrected chi connectivity index (χ0v) is 11.3. The largest absolute Gasteiger partial charge is 0.412 e. The van der Waals surface area contributed by atoms with E-state index in [1.54, 1.807) is 0 Å². The van der Waals surface area contributed by atoms with Crippen molar-refractivity contribution >= 4 is 16.8 Å². The normalized spacial score (nSPS) is 27.4. The van der Waals surface area contributed by atoms with Gasteiger partial charge in [-0.05, 0) is 30.9 Å². The van der Waals surface area contributed by atoms with Crippen LogP contribution in [0.3, 0.4) is 0 Å². The maximum atomic E-state index is 13.9. The van der Waals surface area contributed by atoms with Gasteiger partial charge in [0.1, 0.15) is 5.82 Å². The van der Waals surface area contributed by atoms with E-state index in [-0.39, 0.29) is 22.4 Å². The van der Waals surface area contributed by atoms with E-state index in [1.807, 2.05) is 0 Å². The van der Waals surface area contributed by atoms with Crippen LogP contribution in [0.2, 0.25) is 0 Å². The number of benzene rings is 1. The summed E-state index contributed by atoms with van der Waals surface area (Å²) < 4.78 is 54.0. The molecule has 2 aliphatic rings. The number of hydrogen-bond acceptors (Lipinski definition) is 1. The van der Waals surface area contributed by atoms with E-state index >= 15 is 0 Å². The lowest BCUT2D eigenvalue weighted by Gasteiger charge is -2.22. The summed E-state index contributed by atoms with van der Waals surface area (Å²) >= 11 is 0. The van der Waals surface area contributed by atoms with Gasteiger partial charge in [0.25, 0.3) is 0 Å². The van der Waals surface area contributed by atoms with Crippen LogP contribution < -0.4 is 5.32 Å². The van der Waals surface area contributed by atoms with Crippen molar-refractivity contribution in [2.24, 2.45) is 11.3 Å². The molecule has 2 N–H and O–H groups in total. The molecule has 0 aliphatic heterocycles. The molecule has 0 radical (unpaired) electrons. The first-order chi connectivity index (χ1) is 10.3. The highest BCUT2D eigenvalue weighted by Gasteiger charge is 2.74. The monoisotopic (exact) mass is 312 g/mol. The Hall–Kier alpha value is -2.05. The van der Waals surface area contributed by atoms with Crippen molar-refractivity contribution in [3.05, 3.63) is 35.8 Å². The van der Waals surface area contributed by atoms with Gasteiger partial charge in [0, 0.05) is 22.7 Å². The van der Waals surface area contributed by atoms with Crippen molar-refractivity contribution in [1.29, 1.82) is 0 Å². The van der Waals surface area contributed by atoms with E-state index in [9.17, 15) is 22.4 Å².